The molecule has 4 aliphatic heterocycles. The number of hydrogen-bond acceptors (Lipinski definition) is 13. The minimum absolute atomic E-state index is 0.0243. The monoisotopic (exact) mass is 1130 g/mol. The van der Waals surface area contributed by atoms with Gasteiger partial charge in [-0.15, -0.1) is 11.8 Å². The van der Waals surface area contributed by atoms with Crippen molar-refractivity contribution in [3.8, 4) is 0 Å². The van der Waals surface area contributed by atoms with Crippen molar-refractivity contribution in [2.75, 3.05) is 99.9 Å². The second-order valence-electron chi connectivity index (χ2n) is 22.2. The quantitative estimate of drug-likeness (QED) is 0.0350. The van der Waals surface area contributed by atoms with Gasteiger partial charge in [-0.2, -0.15) is 0 Å². The topological polar surface area (TPSA) is 185 Å². The van der Waals surface area contributed by atoms with Gasteiger partial charge in [0.2, 0.25) is 17.7 Å². The Kier molecular flexibility index (Phi) is 18.6. The van der Waals surface area contributed by atoms with Crippen LogP contribution in [-0.4, -0.2) is 147 Å². The molecular formula is C63H72ClN9O7S. The van der Waals surface area contributed by atoms with Gasteiger partial charge < -0.3 is 30.9 Å². The molecule has 1 aliphatic carbocycles. The molecule has 0 bridgehead atoms. The lowest BCUT2D eigenvalue weighted by Crippen LogP contribution is -2.54. The van der Waals surface area contributed by atoms with E-state index < -0.39 is 29.7 Å². The first kappa shape index (κ1) is 57.2. The molecule has 16 nitrogen and oxygen atoms in total. The molecule has 81 heavy (non-hydrogen) atoms. The summed E-state index contributed by atoms with van der Waals surface area (Å²) in [5.41, 5.74) is 9.16. The molecule has 5 aliphatic rings. The van der Waals surface area contributed by atoms with Crippen LogP contribution >= 0.6 is 23.4 Å². The van der Waals surface area contributed by atoms with Crippen LogP contribution in [0.4, 0.5) is 17.1 Å². The first-order valence-corrected chi connectivity index (χ1v) is 29.6. The van der Waals surface area contributed by atoms with Gasteiger partial charge in [0.1, 0.15) is 6.04 Å². The van der Waals surface area contributed by atoms with Gasteiger partial charge in [-0.25, -0.2) is 0 Å². The summed E-state index contributed by atoms with van der Waals surface area (Å²) in [6.45, 7) is 13.8. The molecule has 424 valence electrons. The highest BCUT2D eigenvalue weighted by Gasteiger charge is 2.46. The molecule has 3 saturated heterocycles. The maximum Gasteiger partial charge on any atom is 0.264 e. The molecule has 18 heteroatoms. The van der Waals surface area contributed by atoms with E-state index in [2.05, 4.69) is 116 Å². The molecule has 5 aromatic rings. The van der Waals surface area contributed by atoms with Crippen molar-refractivity contribution in [1.29, 1.82) is 0 Å². The Balaban J connectivity index is 0.700. The fourth-order valence-corrected chi connectivity index (χ4v) is 12.8. The van der Waals surface area contributed by atoms with E-state index in [0.29, 0.717) is 29.4 Å². The van der Waals surface area contributed by atoms with E-state index in [1.165, 1.54) is 22.1 Å². The maximum absolute atomic E-state index is 13.6. The third kappa shape index (κ3) is 14.4. The summed E-state index contributed by atoms with van der Waals surface area (Å²) < 4.78 is 5.58. The Morgan fingerprint density at radius 2 is 1.58 bits per heavy atom. The van der Waals surface area contributed by atoms with E-state index >= 15 is 0 Å². The van der Waals surface area contributed by atoms with E-state index in [9.17, 15) is 28.8 Å². The maximum atomic E-state index is 13.6. The van der Waals surface area contributed by atoms with Gasteiger partial charge in [0, 0.05) is 116 Å². The zero-order valence-corrected chi connectivity index (χ0v) is 47.8. The summed E-state index contributed by atoms with van der Waals surface area (Å²) in [7, 11) is 0. The van der Waals surface area contributed by atoms with Crippen molar-refractivity contribution in [1.82, 2.24) is 30.7 Å². The molecule has 0 aromatic heterocycles. The van der Waals surface area contributed by atoms with Gasteiger partial charge in [0.05, 0.1) is 30.9 Å². The number of carbonyl (C=O) groups excluding carboxylic acids is 6. The smallest absolute Gasteiger partial charge is 0.264 e. The lowest BCUT2D eigenvalue weighted by molar-refractivity contribution is -0.136. The van der Waals surface area contributed by atoms with Crippen molar-refractivity contribution in [2.24, 2.45) is 5.41 Å². The number of fused-ring (bicyclic) bond motifs is 1. The summed E-state index contributed by atoms with van der Waals surface area (Å²) in [6.07, 6.45) is 3.60. The molecule has 4 heterocycles. The van der Waals surface area contributed by atoms with Crippen LogP contribution in [0.5, 0.6) is 0 Å². The minimum atomic E-state index is -1.08. The summed E-state index contributed by atoms with van der Waals surface area (Å²) >= 11 is 8.22. The van der Waals surface area contributed by atoms with E-state index in [4.69, 9.17) is 16.3 Å². The fourth-order valence-electron chi connectivity index (χ4n) is 11.7. The number of allylic oxidation sites excluding steroid dienone is 1. The van der Waals surface area contributed by atoms with Crippen molar-refractivity contribution < 1.29 is 33.5 Å². The molecular weight excluding hydrogens is 1060 g/mol. The Morgan fingerprint density at radius 3 is 2.32 bits per heavy atom. The van der Waals surface area contributed by atoms with Crippen molar-refractivity contribution in [3.63, 3.8) is 0 Å². The number of benzene rings is 5. The highest BCUT2D eigenvalue weighted by Crippen LogP contribution is 2.43. The zero-order valence-electron chi connectivity index (χ0n) is 46.2. The largest absolute Gasteiger partial charge is 0.381 e. The molecule has 3 atom stereocenters. The Hall–Kier alpha value is -7.02. The van der Waals surface area contributed by atoms with Crippen molar-refractivity contribution in [3.05, 3.63) is 159 Å². The summed E-state index contributed by atoms with van der Waals surface area (Å²) in [5.74, 6) is -1.78. The van der Waals surface area contributed by atoms with Crippen LogP contribution in [0.25, 0.3) is 5.57 Å². The number of morpholine rings is 1. The van der Waals surface area contributed by atoms with Gasteiger partial charge in [-0.1, -0.05) is 72.6 Å². The lowest BCUT2D eigenvalue weighted by Gasteiger charge is -2.41. The molecule has 10 rings (SSSR count). The number of ether oxygens (including phenoxy) is 1. The average molecular weight is 1130 g/mol. The third-order valence-electron chi connectivity index (χ3n) is 16.3. The number of imide groups is 2. The van der Waals surface area contributed by atoms with Gasteiger partial charge in [-0.05, 0) is 133 Å². The molecule has 0 saturated carbocycles. The first-order chi connectivity index (χ1) is 39.3. The number of aryl methyl sites for hydroxylation is 1. The predicted molar refractivity (Wildman–Crippen MR) is 319 cm³/mol. The van der Waals surface area contributed by atoms with Crippen LogP contribution < -0.4 is 31.5 Å². The number of halogens is 1. The number of hydrogen-bond donors (Lipinski definition) is 5. The number of piperidine rings is 1. The highest BCUT2D eigenvalue weighted by molar-refractivity contribution is 7.99. The van der Waals surface area contributed by atoms with Crippen LogP contribution in [0.1, 0.15) is 93.2 Å². The molecule has 6 amide bonds. The number of piperazine rings is 1. The second-order valence-corrected chi connectivity index (χ2v) is 23.8. The third-order valence-corrected chi connectivity index (χ3v) is 17.8. The number of rotatable bonds is 21. The molecule has 2 unspecified atom stereocenters. The second kappa shape index (κ2) is 26.3. The van der Waals surface area contributed by atoms with Gasteiger partial charge >= 0.3 is 0 Å². The standard InChI is InChI=1S/C63H72ClN9O7S/c1-42-35-43(11-20-53(42)68-48(24-26-70-31-33-80-34-32-70)40-81-50-7-4-3-5-8-50)37-66-59(76)45-14-18-49(19-15-45)72-29-27-71(28-30-72)39-46-36-63(2,25-23-51(46)44-12-16-47(64)17-13-44)41-67-57(75)38-65-54-10-6-9-52-58(54)62(79)73(61(52)78)55-21-22-56(74)69-60(55)77/h3-20,35,48,55,65,68H,21-34,36-41H2,1-2H3,(H,66,76)(H,67,75)(H,69,74,77)/t48-,55?,63?/m1/s1. The Morgan fingerprint density at radius 1 is 0.815 bits per heavy atom. The van der Waals surface area contributed by atoms with Crippen molar-refractivity contribution >= 4 is 81.4 Å². The van der Waals surface area contributed by atoms with E-state index in [0.717, 1.165) is 130 Å². The molecule has 3 fully saturated rings. The normalized spacial score (nSPS) is 20.2. The van der Waals surface area contributed by atoms with Crippen LogP contribution in [-0.2, 0) is 25.7 Å². The van der Waals surface area contributed by atoms with Crippen LogP contribution in [0.2, 0.25) is 5.02 Å². The Bertz CT molecular complexity index is 3150. The molecule has 0 radical (unpaired) electrons. The van der Waals surface area contributed by atoms with E-state index in [1.54, 1.807) is 12.1 Å². The number of anilines is 3. The zero-order chi connectivity index (χ0) is 56.5. The van der Waals surface area contributed by atoms with Gasteiger partial charge in [-0.3, -0.25) is 48.8 Å². The molecule has 5 aromatic carbocycles. The SMILES string of the molecule is Cc1cc(CNC(=O)c2ccc(N3CCN(CC4=C(c5ccc(Cl)cc5)CCC(C)(CNC(=O)CNc5cccc6c5C(=O)N(C5CCC(=O)NC5=O)C6=O)C4)CC3)cc2)ccc1N[C@H](CCN1CCOCC1)CSc1ccccc1. The number of nitrogens with zero attached hydrogens (tertiary/aromatic N) is 4. The Labute approximate surface area is 483 Å². The van der Waals surface area contributed by atoms with Crippen LogP contribution in [0.3, 0.4) is 0 Å². The summed E-state index contributed by atoms with van der Waals surface area (Å²) in [5, 5.41) is 16.1. The number of thioether (sulfide) groups is 1. The number of carbonyl (C=O) groups is 6. The summed E-state index contributed by atoms with van der Waals surface area (Å²) in [6, 6.07) is 36.9. The molecule has 0 spiro atoms. The van der Waals surface area contributed by atoms with Crippen LogP contribution in [0.15, 0.2) is 126 Å². The van der Waals surface area contributed by atoms with E-state index in [1.807, 2.05) is 48.2 Å². The van der Waals surface area contributed by atoms with Gasteiger partial charge in [0.25, 0.3) is 17.7 Å². The van der Waals surface area contributed by atoms with Crippen molar-refractivity contribution in [2.45, 2.75) is 75.9 Å². The minimum Gasteiger partial charge on any atom is -0.381 e. The number of amides is 6. The van der Waals surface area contributed by atoms with Crippen LogP contribution in [0, 0.1) is 12.3 Å². The highest BCUT2D eigenvalue weighted by atomic mass is 35.5. The van der Waals surface area contributed by atoms with Gasteiger partial charge in [0.15, 0.2) is 0 Å². The molecule has 5 N–H and O–H groups in total. The predicted octanol–water partition coefficient (Wildman–Crippen LogP) is 8.27. The lowest BCUT2D eigenvalue weighted by atomic mass is 9.71. The van der Waals surface area contributed by atoms with E-state index in [-0.39, 0.29) is 53.8 Å². The number of nitrogens with one attached hydrogen (secondary N) is 5. The summed E-state index contributed by atoms with van der Waals surface area (Å²) in [4.78, 5) is 87.9. The first-order valence-electron chi connectivity index (χ1n) is 28.3. The fraction of sp³-hybridized carbons (Fsp3) is 0.397. The average Bonchev–Trinajstić information content (AvgIpc) is 3.84.